The Kier molecular flexibility index (Phi) is 29.4. The number of rotatable bonds is 13. The number of H-pyrrole nitrogens is 1. The molecule has 0 radical (unpaired) electrons. The standard InChI is InChI=1S/C28H21N7OS.C15H13N5O.2C13H9ClN2S.C13H10N2OS.C9H7ClN4.C6H7NO/c1-17-15-24(37-16-17)25-20-5-2-3-6-21(20)26(35-34-25)32-18-8-10-19(11-9-18)36-27-22(7-4-13-30-27)23-12-14-31-28(29)33-23;16-10-3-5-11(6-4-10)21-14-12(2-1-8-18-14)13-7-9-19-15(17)20-13;2*1-8-6-11(17-7-8)12-9-4-2-3-5-10(9)13(14)16-15-12;1-8-6-11(17-7-8)12-9-4-2-3-5-10(9)13(16)15-14-12;10-8-6(2-1-4-12-8)7-3-5-13-9(11)14-7;7-5-1-3-6(8)4-2-5/h2-16H,1H3,(H,32,35)(H2,29,31,33);1-9H,16H2,(H2,17,19,20);2*2-7H,1H3;2-7H,1H3,(H,15,16);1-5H,(H2,11,13,14);1-4,8H,7H2. The minimum atomic E-state index is -0.141. The van der Waals surface area contributed by atoms with E-state index in [0.717, 1.165) is 102 Å². The molecule has 34 heteroatoms. The molecule has 7 aromatic carbocycles. The first-order chi connectivity index (χ1) is 63.7. The maximum atomic E-state index is 11.7. The van der Waals surface area contributed by atoms with Crippen LogP contribution in [0, 0.1) is 27.7 Å². The smallest absolute Gasteiger partial charge is 0.272 e. The number of ether oxygens (including phenoxy) is 2. The Morgan fingerprint density at radius 2 is 0.695 bits per heavy atom. The molecule has 0 spiro atoms. The SMILES string of the molecule is Cc1csc(-c2n[nH]c(=O)c3ccccc23)c1.Cc1csc(-c2nnc(Cl)c3ccccc23)c1.Cc1csc(-c2nnc(Cl)c3ccccc23)c1.Cc1csc(-c2nnc(Nc3ccc(Oc4ncccc4-c4ccnc(N)n4)cc3)c3ccccc23)c1.Nc1ccc(O)cc1.Nc1ccc(Oc2ncccc2-c2ccnc(N)n2)cc1.Nc1nccc(-c2cccnc2Cl)n1. The zero-order valence-corrected chi connectivity index (χ0v) is 75.5. The second-order valence-electron chi connectivity index (χ2n) is 28.6. The molecule has 131 heavy (non-hydrogen) atoms. The molecule has 14 aromatic heterocycles. The molecule has 14 heterocycles. The maximum absolute atomic E-state index is 11.7. The average molecular weight is 1860 g/mol. The van der Waals surface area contributed by atoms with Crippen molar-refractivity contribution in [2.45, 2.75) is 27.7 Å². The van der Waals surface area contributed by atoms with Crippen LogP contribution in [-0.2, 0) is 0 Å². The Labute approximate surface area is 780 Å². The third-order valence-electron chi connectivity index (χ3n) is 19.0. The van der Waals surface area contributed by atoms with Gasteiger partial charge in [0.25, 0.3) is 5.56 Å². The molecular formula is C97H76Cl3N23O4S4. The zero-order chi connectivity index (χ0) is 91.3. The molecule has 13 N–H and O–H groups in total. The van der Waals surface area contributed by atoms with Crippen LogP contribution in [0.5, 0.6) is 29.0 Å². The highest BCUT2D eigenvalue weighted by Gasteiger charge is 2.19. The normalized spacial score (nSPS) is 10.6. The molecule has 0 unspecified atom stereocenters. The fraction of sp³-hybridized carbons (Fsp3) is 0.0412. The lowest BCUT2D eigenvalue weighted by Crippen LogP contribution is -2.08. The predicted octanol–water partition coefficient (Wildman–Crippen LogP) is 23.5. The maximum Gasteiger partial charge on any atom is 0.272 e. The molecule has 648 valence electrons. The molecule has 0 amide bonds. The van der Waals surface area contributed by atoms with Crippen molar-refractivity contribution >= 4 is 164 Å². The van der Waals surface area contributed by atoms with E-state index in [0.29, 0.717) is 78.4 Å². The van der Waals surface area contributed by atoms with Crippen LogP contribution in [0.4, 0.5) is 40.7 Å². The van der Waals surface area contributed by atoms with E-state index in [2.05, 4.69) is 170 Å². The number of pyridine rings is 3. The minimum Gasteiger partial charge on any atom is -0.508 e. The summed E-state index contributed by atoms with van der Waals surface area (Å²) in [6.07, 6.45) is 9.73. The summed E-state index contributed by atoms with van der Waals surface area (Å²) in [5, 5.41) is 61.7. The van der Waals surface area contributed by atoms with Crippen LogP contribution in [0.2, 0.25) is 15.5 Å². The number of hydrogen-bond acceptors (Lipinski definition) is 30. The van der Waals surface area contributed by atoms with Gasteiger partial charge < -0.3 is 48.6 Å². The van der Waals surface area contributed by atoms with Crippen molar-refractivity contribution in [1.82, 2.24) is 85.6 Å². The molecule has 0 saturated carbocycles. The van der Waals surface area contributed by atoms with Gasteiger partial charge in [-0.1, -0.05) is 126 Å². The van der Waals surface area contributed by atoms with Crippen molar-refractivity contribution in [1.29, 1.82) is 0 Å². The van der Waals surface area contributed by atoms with Gasteiger partial charge >= 0.3 is 0 Å². The number of nitrogens with two attached hydrogens (primary N) is 5. The quantitative estimate of drug-likeness (QED) is 0.0302. The summed E-state index contributed by atoms with van der Waals surface area (Å²) in [6.45, 7) is 8.28. The Balaban J connectivity index is 0.000000122. The lowest BCUT2D eigenvalue weighted by atomic mass is 10.1. The number of halogens is 3. The van der Waals surface area contributed by atoms with Gasteiger partial charge in [-0.05, 0) is 229 Å². The van der Waals surface area contributed by atoms with E-state index in [1.165, 1.54) is 22.3 Å². The number of nitrogens with one attached hydrogen (secondary N) is 2. The van der Waals surface area contributed by atoms with Crippen molar-refractivity contribution < 1.29 is 14.6 Å². The summed E-state index contributed by atoms with van der Waals surface area (Å²) < 4.78 is 11.9. The Morgan fingerprint density at radius 3 is 1.10 bits per heavy atom. The summed E-state index contributed by atoms with van der Waals surface area (Å²) >= 11 is 24.7. The molecule has 0 saturated heterocycles. The van der Waals surface area contributed by atoms with Crippen LogP contribution in [0.25, 0.3) is 119 Å². The molecule has 0 fully saturated rings. The van der Waals surface area contributed by atoms with Gasteiger partial charge in [-0.3, -0.25) is 4.79 Å². The minimum absolute atomic E-state index is 0.141. The van der Waals surface area contributed by atoms with Crippen LogP contribution < -0.4 is 49.0 Å². The highest BCUT2D eigenvalue weighted by atomic mass is 35.5. The van der Waals surface area contributed by atoms with Crippen molar-refractivity contribution in [2.75, 3.05) is 34.0 Å². The van der Waals surface area contributed by atoms with Gasteiger partial charge in [0.1, 0.15) is 45.2 Å². The second-order valence-corrected chi connectivity index (χ2v) is 33.3. The van der Waals surface area contributed by atoms with Gasteiger partial charge in [-0.25, -0.2) is 50.0 Å². The molecule has 21 aromatic rings. The first-order valence-electron chi connectivity index (χ1n) is 39.9. The van der Waals surface area contributed by atoms with E-state index < -0.39 is 0 Å². The fourth-order valence-corrected chi connectivity index (χ4v) is 17.1. The average Bonchev–Trinajstić information content (AvgIpc) is 1.78. The van der Waals surface area contributed by atoms with Gasteiger partial charge in [-0.15, -0.1) is 75.9 Å². The molecule has 0 aliphatic heterocycles. The van der Waals surface area contributed by atoms with E-state index in [1.807, 2.05) is 146 Å². The van der Waals surface area contributed by atoms with Crippen molar-refractivity contribution in [2.24, 2.45) is 0 Å². The first-order valence-corrected chi connectivity index (χ1v) is 44.5. The van der Waals surface area contributed by atoms with Crippen molar-refractivity contribution in [3.63, 3.8) is 0 Å². The number of benzene rings is 7. The number of hydrogen-bond donors (Lipinski definition) is 8. The number of fused-ring (bicyclic) bond motifs is 4. The molecule has 21 rings (SSSR count). The zero-order valence-electron chi connectivity index (χ0n) is 69.9. The topological polar surface area (TPSA) is 420 Å². The van der Waals surface area contributed by atoms with Crippen molar-refractivity contribution in [3.8, 4) is 105 Å². The monoisotopic (exact) mass is 1860 g/mol. The van der Waals surface area contributed by atoms with E-state index >= 15 is 0 Å². The number of phenolic OH excluding ortho intramolecular Hbond substituents is 1. The number of nitrogens with zero attached hydrogens (tertiary/aromatic N) is 16. The van der Waals surface area contributed by atoms with Crippen LogP contribution in [0.1, 0.15) is 22.3 Å². The first kappa shape index (κ1) is 90.1. The van der Waals surface area contributed by atoms with E-state index in [4.69, 9.17) is 78.1 Å². The summed E-state index contributed by atoms with van der Waals surface area (Å²) in [5.74, 6) is 3.71. The van der Waals surface area contributed by atoms with Gasteiger partial charge in [0.2, 0.25) is 29.6 Å². The highest BCUT2D eigenvalue weighted by Crippen LogP contribution is 2.40. The number of thiophene rings is 4. The van der Waals surface area contributed by atoms with Crippen molar-refractivity contribution in [3.05, 3.63) is 355 Å². The molecule has 0 bridgehead atoms. The largest absolute Gasteiger partial charge is 0.508 e. The van der Waals surface area contributed by atoms with Gasteiger partial charge in [0.05, 0.1) is 53.1 Å². The molecule has 0 atom stereocenters. The van der Waals surface area contributed by atoms with Crippen LogP contribution in [0.15, 0.2) is 312 Å². The number of phenols is 1. The Morgan fingerprint density at radius 1 is 0.344 bits per heavy atom. The van der Waals surface area contributed by atoms with Gasteiger partial charge in [-0.2, -0.15) is 5.10 Å². The van der Waals surface area contributed by atoms with E-state index in [1.54, 1.807) is 155 Å². The molecule has 0 aliphatic carbocycles. The third kappa shape index (κ3) is 23.2. The number of nitrogen functional groups attached to an aromatic ring is 5. The lowest BCUT2D eigenvalue weighted by molar-refractivity contribution is 0.464. The fourth-order valence-electron chi connectivity index (χ4n) is 12.9. The summed E-state index contributed by atoms with van der Waals surface area (Å²) in [7, 11) is 0. The highest BCUT2D eigenvalue weighted by molar-refractivity contribution is 7.14. The number of aromatic amines is 1. The number of aromatic nitrogens is 17. The molecule has 0 aliphatic rings. The summed E-state index contributed by atoms with van der Waals surface area (Å²) in [4.78, 5) is 52.8. The summed E-state index contributed by atoms with van der Waals surface area (Å²) in [6, 6.07) is 77.4. The number of aromatic hydroxyl groups is 1. The van der Waals surface area contributed by atoms with Crippen LogP contribution in [-0.4, -0.2) is 90.8 Å². The Bertz CT molecular complexity index is 7460. The Hall–Kier alpha value is -15.7. The van der Waals surface area contributed by atoms with Crippen LogP contribution >= 0.6 is 80.1 Å². The van der Waals surface area contributed by atoms with E-state index in [-0.39, 0.29) is 29.2 Å². The van der Waals surface area contributed by atoms with Gasteiger partial charge in [0.15, 0.2) is 16.1 Å². The van der Waals surface area contributed by atoms with Crippen LogP contribution in [0.3, 0.4) is 0 Å². The van der Waals surface area contributed by atoms with Gasteiger partial charge in [0, 0.05) is 97.5 Å². The number of anilines is 7. The summed E-state index contributed by atoms with van der Waals surface area (Å²) in [5.41, 5.74) is 42.5. The number of aryl methyl sites for hydroxylation is 4. The predicted molar refractivity (Wildman–Crippen MR) is 530 cm³/mol. The molecule has 27 nitrogen and oxygen atoms in total. The lowest BCUT2D eigenvalue weighted by Gasteiger charge is -2.12. The van der Waals surface area contributed by atoms with E-state index in [9.17, 15) is 4.79 Å². The third-order valence-corrected chi connectivity index (χ3v) is 24.1. The molecular weight excluding hydrogens is 1790 g/mol. The second kappa shape index (κ2) is 42.7.